The zero-order valence-electron chi connectivity index (χ0n) is 14.7. The number of carbonyl (C=O) groups is 3. The Hall–Kier alpha value is -2.89. The maximum Gasteiger partial charge on any atom is 0.326 e. The van der Waals surface area contributed by atoms with Crippen molar-refractivity contribution >= 4 is 29.6 Å². The quantitative estimate of drug-likeness (QED) is 0.0752. The van der Waals surface area contributed by atoms with Gasteiger partial charge in [0.1, 0.15) is 6.04 Å². The Kier molecular flexibility index (Phi) is 9.66. The van der Waals surface area contributed by atoms with Crippen molar-refractivity contribution in [3.05, 3.63) is 0 Å². The van der Waals surface area contributed by atoms with Crippen LogP contribution in [0.15, 0.2) is 0 Å². The Morgan fingerprint density at radius 2 is 1.58 bits per heavy atom. The van der Waals surface area contributed by atoms with E-state index in [0.29, 0.717) is 6.42 Å². The van der Waals surface area contributed by atoms with E-state index in [1.54, 1.807) is 0 Å². The molecule has 0 aliphatic heterocycles. The molecule has 12 heteroatoms. The first-order valence-electron chi connectivity index (χ1n) is 8.00. The maximum absolute atomic E-state index is 12.4. The average molecular weight is 372 g/mol. The van der Waals surface area contributed by atoms with Crippen molar-refractivity contribution in [2.75, 3.05) is 13.1 Å². The van der Waals surface area contributed by atoms with E-state index in [1.165, 1.54) is 0 Å². The minimum absolute atomic E-state index is 0.0350. The summed E-state index contributed by atoms with van der Waals surface area (Å²) in [5.41, 5.74) is 14.3. The molecule has 0 saturated carbocycles. The molecule has 0 radical (unpaired) electrons. The van der Waals surface area contributed by atoms with E-state index in [9.17, 15) is 19.5 Å². The first kappa shape index (κ1) is 23.1. The van der Waals surface area contributed by atoms with E-state index in [2.05, 4.69) is 16.0 Å². The lowest BCUT2D eigenvalue weighted by Gasteiger charge is -2.27. The average Bonchev–Trinajstić information content (AvgIpc) is 2.52. The van der Waals surface area contributed by atoms with Crippen LogP contribution in [0.5, 0.6) is 0 Å². The number of nitrogens with two attached hydrogens (primary N) is 3. The first-order chi connectivity index (χ1) is 12.0. The van der Waals surface area contributed by atoms with Crippen LogP contribution in [-0.2, 0) is 14.4 Å². The molecule has 0 aliphatic rings. The van der Waals surface area contributed by atoms with Gasteiger partial charge in [-0.1, -0.05) is 0 Å². The highest BCUT2D eigenvalue weighted by Crippen LogP contribution is 2.13. The third-order valence-electron chi connectivity index (χ3n) is 3.69. The predicted octanol–water partition coefficient (Wildman–Crippen LogP) is -2.63. The first-order valence-corrected chi connectivity index (χ1v) is 8.00. The van der Waals surface area contributed by atoms with Gasteiger partial charge in [0.25, 0.3) is 0 Å². The summed E-state index contributed by atoms with van der Waals surface area (Å²) >= 11 is 0. The standard InChI is InChI=1S/C14H28N8O4/c1-8(23)14(19,5-3-7-21-13(17)18)11(26)22-9(10(24)25)4-2-6-20-12(15)16/h9H,2-7,19H2,1H3,(H,22,26)(H,24,25)(H4,15,16,20)(H4,17,18,21)/t9-,14-/m0/s1. The summed E-state index contributed by atoms with van der Waals surface area (Å²) in [6, 6.07) is -1.23. The summed E-state index contributed by atoms with van der Waals surface area (Å²) in [6.45, 7) is 1.67. The van der Waals surface area contributed by atoms with Gasteiger partial charge in [-0.15, -0.1) is 0 Å². The highest BCUT2D eigenvalue weighted by molar-refractivity contribution is 6.10. The van der Waals surface area contributed by atoms with Gasteiger partial charge in [0, 0.05) is 13.1 Å². The highest BCUT2D eigenvalue weighted by Gasteiger charge is 2.40. The minimum atomic E-state index is -1.87. The number of Topliss-reactive ketones (excluding diaryl/α,β-unsaturated/α-hetero) is 1. The van der Waals surface area contributed by atoms with Crippen LogP contribution in [0.4, 0.5) is 0 Å². The number of guanidine groups is 2. The molecule has 0 unspecified atom stereocenters. The Balaban J connectivity index is 4.80. The molecular formula is C14H28N8O4. The summed E-state index contributed by atoms with van der Waals surface area (Å²) in [4.78, 5) is 35.6. The van der Waals surface area contributed by atoms with Gasteiger partial charge in [-0.05, 0) is 32.6 Å². The lowest BCUT2D eigenvalue weighted by atomic mass is 9.88. The number of nitrogens with one attached hydrogen (secondary N) is 5. The summed E-state index contributed by atoms with van der Waals surface area (Å²) in [7, 11) is 0. The van der Waals surface area contributed by atoms with Crippen LogP contribution >= 0.6 is 0 Å². The molecule has 0 heterocycles. The zero-order chi connectivity index (χ0) is 20.3. The Labute approximate surface area is 151 Å². The molecule has 1 amide bonds. The molecule has 0 aromatic rings. The number of rotatable bonds is 12. The van der Waals surface area contributed by atoms with Gasteiger partial charge in [-0.25, -0.2) is 4.79 Å². The molecule has 2 atom stereocenters. The van der Waals surface area contributed by atoms with Gasteiger partial charge in [0.2, 0.25) is 5.91 Å². The van der Waals surface area contributed by atoms with E-state index >= 15 is 0 Å². The molecule has 0 spiro atoms. The van der Waals surface area contributed by atoms with Crippen LogP contribution in [0.3, 0.4) is 0 Å². The number of hydrogen-bond donors (Lipinski definition) is 9. The Bertz CT molecular complexity index is 553. The van der Waals surface area contributed by atoms with Gasteiger partial charge in [-0.3, -0.25) is 20.4 Å². The minimum Gasteiger partial charge on any atom is -0.480 e. The van der Waals surface area contributed by atoms with Crippen LogP contribution in [-0.4, -0.2) is 59.4 Å². The third-order valence-corrected chi connectivity index (χ3v) is 3.69. The Morgan fingerprint density at radius 3 is 2.00 bits per heavy atom. The second-order valence-corrected chi connectivity index (χ2v) is 5.82. The molecule has 0 aromatic carbocycles. The van der Waals surface area contributed by atoms with Crippen molar-refractivity contribution in [2.45, 2.75) is 44.2 Å². The topological polar surface area (TPSA) is 233 Å². The van der Waals surface area contributed by atoms with Crippen LogP contribution in [0, 0.1) is 10.8 Å². The van der Waals surface area contributed by atoms with Crippen LogP contribution in [0.2, 0.25) is 0 Å². The number of carbonyl (C=O) groups excluding carboxylic acids is 2. The summed E-state index contributed by atoms with van der Waals surface area (Å²) in [5, 5.41) is 30.6. The zero-order valence-corrected chi connectivity index (χ0v) is 14.7. The smallest absolute Gasteiger partial charge is 0.326 e. The van der Waals surface area contributed by atoms with Gasteiger partial charge in [0.15, 0.2) is 23.2 Å². The number of hydrogen-bond acceptors (Lipinski definition) is 6. The van der Waals surface area contributed by atoms with E-state index in [1.807, 2.05) is 0 Å². The second kappa shape index (κ2) is 10.9. The number of amides is 1. The normalized spacial score (nSPS) is 13.8. The Morgan fingerprint density at radius 1 is 1.08 bits per heavy atom. The molecule has 0 fully saturated rings. The maximum atomic E-state index is 12.4. The van der Waals surface area contributed by atoms with Crippen molar-refractivity contribution in [2.24, 2.45) is 17.2 Å². The van der Waals surface area contributed by atoms with Crippen LogP contribution < -0.4 is 33.2 Å². The number of carboxylic acids is 1. The molecule has 0 aromatic heterocycles. The second-order valence-electron chi connectivity index (χ2n) is 5.82. The molecule has 0 bridgehead atoms. The van der Waals surface area contributed by atoms with Gasteiger partial charge in [-0.2, -0.15) is 0 Å². The molecule has 26 heavy (non-hydrogen) atoms. The summed E-state index contributed by atoms with van der Waals surface area (Å²) in [5.74, 6) is -3.21. The van der Waals surface area contributed by atoms with Crippen molar-refractivity contribution in [1.82, 2.24) is 16.0 Å². The largest absolute Gasteiger partial charge is 0.480 e. The molecular weight excluding hydrogens is 344 g/mol. The van der Waals surface area contributed by atoms with Crippen LogP contribution in [0.1, 0.15) is 32.6 Å². The highest BCUT2D eigenvalue weighted by atomic mass is 16.4. The van der Waals surface area contributed by atoms with Crippen molar-refractivity contribution in [3.8, 4) is 0 Å². The van der Waals surface area contributed by atoms with E-state index in [-0.39, 0.29) is 44.3 Å². The fourth-order valence-electron chi connectivity index (χ4n) is 2.11. The van der Waals surface area contributed by atoms with Crippen LogP contribution in [0.25, 0.3) is 0 Å². The van der Waals surface area contributed by atoms with E-state index in [0.717, 1.165) is 6.92 Å². The van der Waals surface area contributed by atoms with Crippen molar-refractivity contribution < 1.29 is 19.5 Å². The monoisotopic (exact) mass is 372 g/mol. The summed E-state index contributed by atoms with van der Waals surface area (Å²) < 4.78 is 0. The fourth-order valence-corrected chi connectivity index (χ4v) is 2.11. The number of ketones is 1. The molecule has 12 N–H and O–H groups in total. The molecule has 0 saturated heterocycles. The predicted molar refractivity (Wildman–Crippen MR) is 95.5 cm³/mol. The SMILES string of the molecule is CC(=O)[C@@](N)(CCCNC(=N)N)C(=O)N[C@@H](CCCNC(=N)N)C(=O)O. The third kappa shape index (κ3) is 8.28. The molecule has 12 nitrogen and oxygen atoms in total. The fraction of sp³-hybridized carbons (Fsp3) is 0.643. The van der Waals surface area contributed by atoms with Gasteiger partial charge in [0.05, 0.1) is 0 Å². The van der Waals surface area contributed by atoms with Gasteiger partial charge >= 0.3 is 5.97 Å². The molecule has 0 rings (SSSR count). The van der Waals surface area contributed by atoms with Crippen molar-refractivity contribution in [1.29, 1.82) is 10.8 Å². The molecule has 0 aliphatic carbocycles. The summed E-state index contributed by atoms with van der Waals surface area (Å²) in [6.07, 6.45) is 0.647. The van der Waals surface area contributed by atoms with Gasteiger partial charge < -0.3 is 38.3 Å². The lowest BCUT2D eigenvalue weighted by Crippen LogP contribution is -2.61. The van der Waals surface area contributed by atoms with Crippen molar-refractivity contribution in [3.63, 3.8) is 0 Å². The number of aliphatic carboxylic acids is 1. The number of carboxylic acid groups (broad SMARTS) is 1. The van der Waals surface area contributed by atoms with E-state index < -0.39 is 29.2 Å². The van der Waals surface area contributed by atoms with E-state index in [4.69, 9.17) is 28.0 Å². The molecule has 148 valence electrons. The lowest BCUT2D eigenvalue weighted by molar-refractivity contribution is -0.144.